The summed E-state index contributed by atoms with van der Waals surface area (Å²) >= 11 is 0. The summed E-state index contributed by atoms with van der Waals surface area (Å²) in [6.45, 7) is 1.63. The molecule has 0 aromatic carbocycles. The summed E-state index contributed by atoms with van der Waals surface area (Å²) in [6, 6.07) is 0.414. The second-order valence-corrected chi connectivity index (χ2v) is 4.39. The second-order valence-electron chi connectivity index (χ2n) is 4.39. The van der Waals surface area contributed by atoms with E-state index in [1.807, 2.05) is 4.57 Å². The van der Waals surface area contributed by atoms with Gasteiger partial charge in [-0.3, -0.25) is 9.36 Å². The maximum Gasteiger partial charge on any atom is 0.258 e. The van der Waals surface area contributed by atoms with Crippen molar-refractivity contribution in [2.24, 2.45) is 0 Å². The summed E-state index contributed by atoms with van der Waals surface area (Å²) < 4.78 is 1.83. The number of nitrogens with zero attached hydrogens (tertiary/aromatic N) is 2. The first-order valence-corrected chi connectivity index (χ1v) is 5.66. The Morgan fingerprint density at radius 2 is 2.33 bits per heavy atom. The Morgan fingerprint density at radius 3 is 3.07 bits per heavy atom. The van der Waals surface area contributed by atoms with Crippen molar-refractivity contribution in [2.75, 3.05) is 6.54 Å². The number of hydrogen-bond donors (Lipinski definition) is 1. The van der Waals surface area contributed by atoms with Gasteiger partial charge in [0, 0.05) is 25.6 Å². The molecule has 15 heavy (non-hydrogen) atoms. The predicted molar refractivity (Wildman–Crippen MR) is 56.8 cm³/mol. The van der Waals surface area contributed by atoms with Crippen molar-refractivity contribution < 1.29 is 0 Å². The molecule has 2 aliphatic rings. The Hall–Kier alpha value is -1.16. The number of aromatic nitrogens is 2. The third-order valence-electron chi connectivity index (χ3n) is 3.49. The van der Waals surface area contributed by atoms with E-state index in [1.54, 1.807) is 6.33 Å². The third kappa shape index (κ3) is 1.40. The van der Waals surface area contributed by atoms with Crippen molar-refractivity contribution >= 4 is 0 Å². The van der Waals surface area contributed by atoms with E-state index in [-0.39, 0.29) is 5.56 Å². The standard InChI is InChI=1S/C11H15N3O/c15-11-9-6-12-5-4-10(9)13-7-14(11)8-2-1-3-8/h7-8,12H,1-6H2. The molecule has 4 heteroatoms. The van der Waals surface area contributed by atoms with Gasteiger partial charge in [-0.2, -0.15) is 0 Å². The highest BCUT2D eigenvalue weighted by Gasteiger charge is 2.23. The van der Waals surface area contributed by atoms with E-state index in [9.17, 15) is 4.79 Å². The summed E-state index contributed by atoms with van der Waals surface area (Å²) in [5.41, 5.74) is 2.06. The first kappa shape index (κ1) is 9.09. The van der Waals surface area contributed by atoms with Crippen LogP contribution in [-0.4, -0.2) is 16.1 Å². The number of nitrogens with one attached hydrogen (secondary N) is 1. The van der Waals surface area contributed by atoms with Crippen LogP contribution >= 0.6 is 0 Å². The summed E-state index contributed by atoms with van der Waals surface area (Å²) in [6.07, 6.45) is 6.14. The lowest BCUT2D eigenvalue weighted by Gasteiger charge is -2.28. The van der Waals surface area contributed by atoms with Gasteiger partial charge in [0.1, 0.15) is 0 Å². The molecule has 1 aromatic heterocycles. The normalized spacial score (nSPS) is 20.8. The van der Waals surface area contributed by atoms with Gasteiger partial charge in [-0.05, 0) is 19.3 Å². The molecule has 0 atom stereocenters. The van der Waals surface area contributed by atoms with Gasteiger partial charge in [0.05, 0.1) is 17.6 Å². The smallest absolute Gasteiger partial charge is 0.258 e. The SMILES string of the molecule is O=c1c2c(ncn1C1CCC1)CCNC2. The van der Waals surface area contributed by atoms with E-state index >= 15 is 0 Å². The molecule has 0 spiro atoms. The Labute approximate surface area is 88.3 Å². The Kier molecular flexibility index (Phi) is 2.09. The van der Waals surface area contributed by atoms with E-state index in [4.69, 9.17) is 0 Å². The Morgan fingerprint density at radius 1 is 1.47 bits per heavy atom. The topological polar surface area (TPSA) is 46.9 Å². The average Bonchev–Trinajstić information content (AvgIpc) is 2.20. The first-order valence-electron chi connectivity index (χ1n) is 5.66. The molecule has 1 aromatic rings. The summed E-state index contributed by atoms with van der Waals surface area (Å²) in [7, 11) is 0. The molecule has 0 bridgehead atoms. The van der Waals surface area contributed by atoms with Crippen LogP contribution in [0.5, 0.6) is 0 Å². The van der Waals surface area contributed by atoms with Gasteiger partial charge in [0.2, 0.25) is 0 Å². The molecule has 1 saturated carbocycles. The van der Waals surface area contributed by atoms with E-state index in [0.717, 1.165) is 37.1 Å². The van der Waals surface area contributed by atoms with Crippen LogP contribution in [0.25, 0.3) is 0 Å². The zero-order valence-electron chi connectivity index (χ0n) is 8.70. The highest BCUT2D eigenvalue weighted by atomic mass is 16.1. The van der Waals surface area contributed by atoms with Gasteiger partial charge in [-0.15, -0.1) is 0 Å². The molecule has 1 aliphatic heterocycles. The highest BCUT2D eigenvalue weighted by Crippen LogP contribution is 2.30. The van der Waals surface area contributed by atoms with Crippen molar-refractivity contribution in [2.45, 2.75) is 38.3 Å². The quantitative estimate of drug-likeness (QED) is 0.731. The van der Waals surface area contributed by atoms with Crippen molar-refractivity contribution in [3.8, 4) is 0 Å². The van der Waals surface area contributed by atoms with Gasteiger partial charge in [0.25, 0.3) is 5.56 Å². The van der Waals surface area contributed by atoms with E-state index in [0.29, 0.717) is 12.6 Å². The van der Waals surface area contributed by atoms with Crippen LogP contribution in [0, 0.1) is 0 Å². The molecular weight excluding hydrogens is 190 g/mol. The largest absolute Gasteiger partial charge is 0.312 e. The minimum Gasteiger partial charge on any atom is -0.312 e. The lowest BCUT2D eigenvalue weighted by molar-refractivity contribution is 0.301. The van der Waals surface area contributed by atoms with E-state index in [1.165, 1.54) is 6.42 Å². The molecular formula is C11H15N3O. The molecule has 80 valence electrons. The van der Waals surface area contributed by atoms with Crippen molar-refractivity contribution in [3.63, 3.8) is 0 Å². The summed E-state index contributed by atoms with van der Waals surface area (Å²) in [4.78, 5) is 16.5. The molecule has 0 amide bonds. The molecule has 0 radical (unpaired) electrons. The van der Waals surface area contributed by atoms with Crippen LogP contribution in [0.3, 0.4) is 0 Å². The van der Waals surface area contributed by atoms with Crippen LogP contribution in [0.2, 0.25) is 0 Å². The van der Waals surface area contributed by atoms with Gasteiger partial charge in [-0.1, -0.05) is 0 Å². The van der Waals surface area contributed by atoms with Crippen molar-refractivity contribution in [3.05, 3.63) is 27.9 Å². The Bertz CT molecular complexity index is 434. The van der Waals surface area contributed by atoms with E-state index < -0.39 is 0 Å². The van der Waals surface area contributed by atoms with Crippen molar-refractivity contribution in [1.82, 2.24) is 14.9 Å². The second kappa shape index (κ2) is 3.45. The molecule has 1 fully saturated rings. The van der Waals surface area contributed by atoms with Gasteiger partial charge >= 0.3 is 0 Å². The molecule has 1 aliphatic carbocycles. The zero-order chi connectivity index (χ0) is 10.3. The fraction of sp³-hybridized carbons (Fsp3) is 0.636. The molecule has 3 rings (SSSR count). The van der Waals surface area contributed by atoms with Crippen LogP contribution in [0.4, 0.5) is 0 Å². The number of fused-ring (bicyclic) bond motifs is 1. The van der Waals surface area contributed by atoms with Gasteiger partial charge < -0.3 is 5.32 Å². The maximum atomic E-state index is 12.1. The number of hydrogen-bond acceptors (Lipinski definition) is 3. The molecule has 0 saturated heterocycles. The lowest BCUT2D eigenvalue weighted by Crippen LogP contribution is -2.37. The van der Waals surface area contributed by atoms with Gasteiger partial charge in [0.15, 0.2) is 0 Å². The highest BCUT2D eigenvalue weighted by molar-refractivity contribution is 5.19. The van der Waals surface area contributed by atoms with Gasteiger partial charge in [-0.25, -0.2) is 4.98 Å². The molecule has 1 N–H and O–H groups in total. The van der Waals surface area contributed by atoms with E-state index in [2.05, 4.69) is 10.3 Å². The molecule has 0 unspecified atom stereocenters. The van der Waals surface area contributed by atoms with Crippen LogP contribution in [0.1, 0.15) is 36.6 Å². The summed E-state index contributed by atoms with van der Waals surface area (Å²) in [5.74, 6) is 0. The minimum atomic E-state index is 0.178. The molecule has 2 heterocycles. The lowest BCUT2D eigenvalue weighted by atomic mass is 9.92. The van der Waals surface area contributed by atoms with Crippen molar-refractivity contribution in [1.29, 1.82) is 0 Å². The van der Waals surface area contributed by atoms with Crippen LogP contribution in [-0.2, 0) is 13.0 Å². The fourth-order valence-electron chi connectivity index (χ4n) is 2.28. The minimum absolute atomic E-state index is 0.178. The summed E-state index contributed by atoms with van der Waals surface area (Å²) in [5, 5.41) is 3.23. The monoisotopic (exact) mass is 205 g/mol. The first-order chi connectivity index (χ1) is 7.36. The average molecular weight is 205 g/mol. The zero-order valence-corrected chi connectivity index (χ0v) is 8.70. The fourth-order valence-corrected chi connectivity index (χ4v) is 2.28. The molecule has 4 nitrogen and oxygen atoms in total. The number of rotatable bonds is 1. The van der Waals surface area contributed by atoms with Crippen LogP contribution < -0.4 is 10.9 Å². The predicted octanol–water partition coefficient (Wildman–Crippen LogP) is 0.614. The Balaban J connectivity index is 2.06. The maximum absolute atomic E-state index is 12.1. The van der Waals surface area contributed by atoms with Crippen LogP contribution in [0.15, 0.2) is 11.1 Å². The third-order valence-corrected chi connectivity index (χ3v) is 3.49.